The van der Waals surface area contributed by atoms with Crippen LogP contribution in [0, 0.1) is 11.6 Å². The molecule has 0 aliphatic heterocycles. The van der Waals surface area contributed by atoms with Crippen molar-refractivity contribution >= 4 is 28.4 Å². The van der Waals surface area contributed by atoms with E-state index in [4.69, 9.17) is 11.5 Å². The van der Waals surface area contributed by atoms with Gasteiger partial charge in [0.2, 0.25) is 5.95 Å². The summed E-state index contributed by atoms with van der Waals surface area (Å²) in [6, 6.07) is 9.25. The second kappa shape index (κ2) is 9.18. The van der Waals surface area contributed by atoms with Gasteiger partial charge in [0.05, 0.1) is 5.39 Å². The fourth-order valence-electron chi connectivity index (χ4n) is 4.00. The van der Waals surface area contributed by atoms with Crippen LogP contribution in [0.15, 0.2) is 36.4 Å². The maximum absolute atomic E-state index is 14.1. The Kier molecular flexibility index (Phi) is 6.42. The number of hydrogen-bond donors (Lipinski definition) is 2. The quantitative estimate of drug-likeness (QED) is 0.415. The summed E-state index contributed by atoms with van der Waals surface area (Å²) >= 11 is 0. The molecular formula is C25H29F2N7O. The monoisotopic (exact) mass is 481 g/mol. The van der Waals surface area contributed by atoms with Crippen LogP contribution in [-0.2, 0) is 12.0 Å². The van der Waals surface area contributed by atoms with Gasteiger partial charge in [-0.15, -0.1) is 5.10 Å². The number of aryl methyl sites for hydroxylation is 1. The number of hydrogen-bond acceptors (Lipinski definition) is 6. The number of amides is 1. The van der Waals surface area contributed by atoms with E-state index in [-0.39, 0.29) is 34.4 Å². The van der Waals surface area contributed by atoms with Crippen molar-refractivity contribution in [2.45, 2.75) is 51.6 Å². The molecule has 8 nitrogen and oxygen atoms in total. The molecule has 0 saturated heterocycles. The van der Waals surface area contributed by atoms with Crippen molar-refractivity contribution in [1.29, 1.82) is 0 Å². The van der Waals surface area contributed by atoms with Gasteiger partial charge in [-0.3, -0.25) is 4.79 Å². The summed E-state index contributed by atoms with van der Waals surface area (Å²) < 4.78 is 29.2. The maximum Gasteiger partial charge on any atom is 0.253 e. The molecule has 184 valence electrons. The van der Waals surface area contributed by atoms with E-state index in [9.17, 15) is 13.6 Å². The summed E-state index contributed by atoms with van der Waals surface area (Å²) in [6.45, 7) is 5.81. The lowest BCUT2D eigenvalue weighted by Gasteiger charge is -2.25. The van der Waals surface area contributed by atoms with E-state index >= 15 is 0 Å². The first kappa shape index (κ1) is 24.5. The third kappa shape index (κ3) is 4.93. The number of fused-ring (bicyclic) bond motifs is 3. The van der Waals surface area contributed by atoms with Crippen molar-refractivity contribution in [3.8, 4) is 0 Å². The first-order valence-electron chi connectivity index (χ1n) is 11.4. The summed E-state index contributed by atoms with van der Waals surface area (Å²) in [5.41, 5.74) is 13.3. The largest absolute Gasteiger partial charge is 0.368 e. The van der Waals surface area contributed by atoms with E-state index < -0.39 is 17.2 Å². The van der Waals surface area contributed by atoms with Gasteiger partial charge in [0.25, 0.3) is 5.91 Å². The number of nitrogens with zero attached hydrogens (tertiary/aromatic N) is 5. The average Bonchev–Trinajstić information content (AvgIpc) is 3.23. The number of anilines is 1. The van der Waals surface area contributed by atoms with Crippen molar-refractivity contribution < 1.29 is 13.6 Å². The van der Waals surface area contributed by atoms with Gasteiger partial charge in [-0.1, -0.05) is 12.1 Å². The third-order valence-corrected chi connectivity index (χ3v) is 6.24. The highest BCUT2D eigenvalue weighted by atomic mass is 19.1. The number of benzene rings is 2. The third-order valence-electron chi connectivity index (χ3n) is 6.24. The molecule has 4 N–H and O–H groups in total. The average molecular weight is 482 g/mol. The molecule has 0 fully saturated rings. The van der Waals surface area contributed by atoms with Crippen LogP contribution < -0.4 is 11.5 Å². The number of rotatable bonds is 7. The first-order valence-corrected chi connectivity index (χ1v) is 11.4. The minimum atomic E-state index is -0.804. The minimum Gasteiger partial charge on any atom is -0.368 e. The molecule has 2 aromatic carbocycles. The second-order valence-electron chi connectivity index (χ2n) is 9.47. The summed E-state index contributed by atoms with van der Waals surface area (Å²) in [5, 5.41) is 4.56. The first-order chi connectivity index (χ1) is 16.5. The summed E-state index contributed by atoms with van der Waals surface area (Å²) in [6.07, 6.45) is 1.92. The Morgan fingerprint density at radius 3 is 2.51 bits per heavy atom. The van der Waals surface area contributed by atoms with Crippen LogP contribution in [0.4, 0.5) is 14.7 Å². The van der Waals surface area contributed by atoms with E-state index in [0.717, 1.165) is 11.6 Å². The standard InChI is InChI=1S/C25H29F2N7O/c1-14(33(4)23(35)15-8-10-16(11-9-15)25(2,3)29)6-5-7-20-30-22-18-12-17(26)13-19(27)21(18)31-24(28)34(22)32-20/h8-14H,5-7,29H2,1-4H3,(H2,28,31)/t14-/m0/s1. The molecule has 2 aromatic heterocycles. The molecule has 35 heavy (non-hydrogen) atoms. The number of nitrogens with two attached hydrogens (primary N) is 2. The Bertz CT molecular complexity index is 1390. The molecule has 4 aromatic rings. The van der Waals surface area contributed by atoms with Gasteiger partial charge in [0.15, 0.2) is 17.3 Å². The number of carbonyl (C=O) groups is 1. The lowest BCUT2D eigenvalue weighted by atomic mass is 9.94. The lowest BCUT2D eigenvalue weighted by Crippen LogP contribution is -2.35. The molecule has 0 radical (unpaired) electrons. The molecule has 0 spiro atoms. The van der Waals surface area contributed by atoms with Crippen molar-refractivity contribution in [1.82, 2.24) is 24.5 Å². The van der Waals surface area contributed by atoms with E-state index in [1.165, 1.54) is 10.6 Å². The van der Waals surface area contributed by atoms with Crippen molar-refractivity contribution in [2.75, 3.05) is 12.8 Å². The van der Waals surface area contributed by atoms with Crippen LogP contribution in [0.1, 0.15) is 55.4 Å². The molecule has 0 bridgehead atoms. The van der Waals surface area contributed by atoms with Gasteiger partial charge in [0.1, 0.15) is 11.3 Å². The number of nitrogen functional groups attached to an aromatic ring is 1. The molecular weight excluding hydrogens is 452 g/mol. The highest BCUT2D eigenvalue weighted by Gasteiger charge is 2.20. The maximum atomic E-state index is 14.1. The van der Waals surface area contributed by atoms with Crippen LogP contribution in [0.2, 0.25) is 0 Å². The highest BCUT2D eigenvalue weighted by molar-refractivity contribution is 5.94. The zero-order valence-corrected chi connectivity index (χ0v) is 20.2. The second-order valence-corrected chi connectivity index (χ2v) is 9.47. The Labute approximate surface area is 201 Å². The lowest BCUT2D eigenvalue weighted by molar-refractivity contribution is 0.0735. The molecule has 4 rings (SSSR count). The van der Waals surface area contributed by atoms with Gasteiger partial charge >= 0.3 is 0 Å². The number of carbonyl (C=O) groups excluding carboxylic acids is 1. The number of halogens is 2. The molecule has 0 aliphatic carbocycles. The molecule has 1 atom stereocenters. The van der Waals surface area contributed by atoms with Crippen LogP contribution in [0.25, 0.3) is 16.6 Å². The van der Waals surface area contributed by atoms with Crippen LogP contribution >= 0.6 is 0 Å². The normalized spacial score (nSPS) is 12.9. The minimum absolute atomic E-state index is 0.0269. The predicted molar refractivity (Wildman–Crippen MR) is 131 cm³/mol. The van der Waals surface area contributed by atoms with Crippen molar-refractivity contribution in [3.63, 3.8) is 0 Å². The van der Waals surface area contributed by atoms with Gasteiger partial charge in [-0.25, -0.2) is 18.7 Å². The van der Waals surface area contributed by atoms with E-state index in [1.54, 1.807) is 24.1 Å². The van der Waals surface area contributed by atoms with Crippen molar-refractivity contribution in [2.24, 2.45) is 5.73 Å². The Morgan fingerprint density at radius 2 is 1.86 bits per heavy atom. The summed E-state index contributed by atoms with van der Waals surface area (Å²) in [4.78, 5) is 23.1. The number of aromatic nitrogens is 4. The summed E-state index contributed by atoms with van der Waals surface area (Å²) in [5.74, 6) is -1.15. The Morgan fingerprint density at radius 1 is 1.17 bits per heavy atom. The van der Waals surface area contributed by atoms with Crippen molar-refractivity contribution in [3.05, 3.63) is 65.0 Å². The molecule has 10 heteroatoms. The van der Waals surface area contributed by atoms with E-state index in [0.29, 0.717) is 30.7 Å². The molecule has 1 amide bonds. The fourth-order valence-corrected chi connectivity index (χ4v) is 4.00. The molecule has 0 unspecified atom stereocenters. The Hall–Kier alpha value is -3.66. The highest BCUT2D eigenvalue weighted by Crippen LogP contribution is 2.24. The Balaban J connectivity index is 1.43. The van der Waals surface area contributed by atoms with E-state index in [2.05, 4.69) is 15.1 Å². The summed E-state index contributed by atoms with van der Waals surface area (Å²) in [7, 11) is 1.78. The zero-order valence-electron chi connectivity index (χ0n) is 20.2. The smallest absolute Gasteiger partial charge is 0.253 e. The molecule has 0 aliphatic rings. The van der Waals surface area contributed by atoms with Gasteiger partial charge in [-0.2, -0.15) is 4.52 Å². The molecule has 2 heterocycles. The van der Waals surface area contributed by atoms with Gasteiger partial charge in [0, 0.05) is 36.7 Å². The topological polar surface area (TPSA) is 115 Å². The SMILES string of the molecule is C[C@@H](CCCc1nc2c3cc(F)cc(F)c3nc(N)n2n1)N(C)C(=O)c1ccc(C(C)(C)N)cc1. The zero-order chi connectivity index (χ0) is 25.5. The molecule has 0 saturated carbocycles. The van der Waals surface area contributed by atoms with Crippen LogP contribution in [-0.4, -0.2) is 43.5 Å². The predicted octanol–water partition coefficient (Wildman–Crippen LogP) is 3.82. The van der Waals surface area contributed by atoms with Gasteiger partial charge in [-0.05, 0) is 57.4 Å². The van der Waals surface area contributed by atoms with E-state index in [1.807, 2.05) is 32.9 Å². The van der Waals surface area contributed by atoms with Gasteiger partial charge < -0.3 is 16.4 Å². The van der Waals surface area contributed by atoms with Crippen LogP contribution in [0.3, 0.4) is 0 Å². The fraction of sp³-hybridized carbons (Fsp3) is 0.360. The van der Waals surface area contributed by atoms with Crippen LogP contribution in [0.5, 0.6) is 0 Å².